The normalized spacial score (nSPS) is 14.7. The summed E-state index contributed by atoms with van der Waals surface area (Å²) in [5, 5.41) is 0.426. The first-order valence-corrected chi connectivity index (χ1v) is 6.90. The molecule has 1 heterocycles. The van der Waals surface area contributed by atoms with Gasteiger partial charge in [0.25, 0.3) is 5.56 Å². The number of halogens is 2. The third-order valence-electron chi connectivity index (χ3n) is 2.86. The fourth-order valence-corrected chi connectivity index (χ4v) is 2.51. The predicted molar refractivity (Wildman–Crippen MR) is 75.3 cm³/mol. The summed E-state index contributed by atoms with van der Waals surface area (Å²) in [4.78, 5) is 18.5. The zero-order valence-electron chi connectivity index (χ0n) is 10.00. The van der Waals surface area contributed by atoms with Crippen LogP contribution in [0.4, 0.5) is 0 Å². The number of hydrogen-bond acceptors (Lipinski definition) is 4. The quantitative estimate of drug-likeness (QED) is 0.869. The fraction of sp³-hybridized carbons (Fsp3) is 0.333. The van der Waals surface area contributed by atoms with Gasteiger partial charge in [0.15, 0.2) is 5.75 Å². The predicted octanol–water partition coefficient (Wildman–Crippen LogP) is 2.89. The van der Waals surface area contributed by atoms with Crippen LogP contribution in [0.25, 0.3) is 10.9 Å². The molecule has 0 amide bonds. The van der Waals surface area contributed by atoms with Gasteiger partial charge in [0, 0.05) is 0 Å². The highest BCUT2D eigenvalue weighted by Gasteiger charge is 2.27. The molecule has 0 unspecified atom stereocenters. The first-order valence-electron chi connectivity index (χ1n) is 5.73. The zero-order chi connectivity index (χ0) is 13.6. The molecule has 19 heavy (non-hydrogen) atoms. The van der Waals surface area contributed by atoms with Crippen molar-refractivity contribution in [1.82, 2.24) is 9.97 Å². The van der Waals surface area contributed by atoms with Crippen LogP contribution in [0.5, 0.6) is 11.5 Å². The van der Waals surface area contributed by atoms with Gasteiger partial charge >= 0.3 is 0 Å². The van der Waals surface area contributed by atoms with E-state index in [0.717, 1.165) is 12.8 Å². The number of rotatable bonds is 3. The minimum absolute atomic E-state index is 0.0372. The van der Waals surface area contributed by atoms with Crippen molar-refractivity contribution in [1.29, 1.82) is 0 Å². The highest BCUT2D eigenvalue weighted by molar-refractivity contribution is 9.10. The Kier molecular flexibility index (Phi) is 3.14. The van der Waals surface area contributed by atoms with Crippen LogP contribution in [-0.2, 0) is 0 Å². The number of ether oxygens (including phenoxy) is 2. The molecule has 0 atom stereocenters. The molecule has 0 aliphatic heterocycles. The van der Waals surface area contributed by atoms with Crippen molar-refractivity contribution in [3.05, 3.63) is 26.2 Å². The second-order valence-electron chi connectivity index (χ2n) is 4.29. The summed E-state index contributed by atoms with van der Waals surface area (Å²) in [6, 6.07) is 1.61. The van der Waals surface area contributed by atoms with Crippen LogP contribution in [0.15, 0.2) is 15.3 Å². The van der Waals surface area contributed by atoms with E-state index in [0.29, 0.717) is 26.9 Å². The molecule has 1 saturated carbocycles. The second-order valence-corrected chi connectivity index (χ2v) is 5.44. The Balaban J connectivity index is 2.33. The number of fused-ring (bicyclic) bond motifs is 1. The monoisotopic (exact) mass is 344 g/mol. The summed E-state index contributed by atoms with van der Waals surface area (Å²) in [7, 11) is 1.53. The first kappa shape index (κ1) is 12.7. The van der Waals surface area contributed by atoms with E-state index in [-0.39, 0.29) is 16.9 Å². The molecular formula is C12H10BrClN2O3. The molecule has 0 saturated heterocycles. The molecule has 2 aromatic rings. The Morgan fingerprint density at radius 3 is 2.89 bits per heavy atom. The maximum absolute atomic E-state index is 11.9. The van der Waals surface area contributed by atoms with E-state index in [1.807, 2.05) is 0 Å². The Morgan fingerprint density at radius 2 is 2.26 bits per heavy atom. The average molecular weight is 346 g/mol. The maximum Gasteiger partial charge on any atom is 0.259 e. The van der Waals surface area contributed by atoms with Gasteiger partial charge in [-0.2, -0.15) is 0 Å². The molecule has 1 aromatic heterocycles. The molecule has 5 nitrogen and oxygen atoms in total. The third kappa shape index (κ3) is 2.30. The van der Waals surface area contributed by atoms with Crippen LogP contribution in [0.3, 0.4) is 0 Å². The SMILES string of the molecule is COc1cc2c(=O)[nH]c(Cl)nc2c(OC2CC2)c1Br. The molecule has 0 radical (unpaired) electrons. The Hall–Kier alpha value is -1.27. The van der Waals surface area contributed by atoms with Crippen molar-refractivity contribution in [2.75, 3.05) is 7.11 Å². The van der Waals surface area contributed by atoms with Gasteiger partial charge in [-0.05, 0) is 46.4 Å². The van der Waals surface area contributed by atoms with Gasteiger partial charge < -0.3 is 9.47 Å². The number of aromatic amines is 1. The highest BCUT2D eigenvalue weighted by Crippen LogP contribution is 2.42. The number of aromatic nitrogens is 2. The van der Waals surface area contributed by atoms with Crippen molar-refractivity contribution in [3.63, 3.8) is 0 Å². The van der Waals surface area contributed by atoms with E-state index in [4.69, 9.17) is 21.1 Å². The van der Waals surface area contributed by atoms with Crippen LogP contribution in [0.1, 0.15) is 12.8 Å². The highest BCUT2D eigenvalue weighted by atomic mass is 79.9. The molecule has 1 aliphatic rings. The minimum atomic E-state index is -0.318. The second kappa shape index (κ2) is 4.68. The summed E-state index contributed by atoms with van der Waals surface area (Å²) < 4.78 is 11.7. The molecule has 100 valence electrons. The van der Waals surface area contributed by atoms with E-state index in [1.165, 1.54) is 7.11 Å². The molecule has 1 N–H and O–H groups in total. The first-order chi connectivity index (χ1) is 9.10. The maximum atomic E-state index is 11.9. The summed E-state index contributed by atoms with van der Waals surface area (Å²) in [5.74, 6) is 1.03. The number of nitrogens with zero attached hydrogens (tertiary/aromatic N) is 1. The lowest BCUT2D eigenvalue weighted by atomic mass is 10.2. The Morgan fingerprint density at radius 1 is 1.53 bits per heavy atom. The van der Waals surface area contributed by atoms with Crippen LogP contribution >= 0.6 is 27.5 Å². The van der Waals surface area contributed by atoms with E-state index < -0.39 is 0 Å². The molecule has 3 rings (SSSR count). The molecule has 1 aromatic carbocycles. The van der Waals surface area contributed by atoms with Crippen molar-refractivity contribution in [2.24, 2.45) is 0 Å². The number of hydrogen-bond donors (Lipinski definition) is 1. The standard InChI is InChI=1S/C12H10BrClN2O3/c1-18-7-4-6-9(15-12(14)16-11(6)17)10(8(7)13)19-5-2-3-5/h4-5H,2-3H2,1H3,(H,15,16,17). The van der Waals surface area contributed by atoms with E-state index in [2.05, 4.69) is 25.9 Å². The third-order valence-corrected chi connectivity index (χ3v) is 3.79. The summed E-state index contributed by atoms with van der Waals surface area (Å²) in [6.07, 6.45) is 2.18. The average Bonchev–Trinajstić information content (AvgIpc) is 3.17. The van der Waals surface area contributed by atoms with Gasteiger partial charge in [0.2, 0.25) is 5.28 Å². The van der Waals surface area contributed by atoms with Crippen LogP contribution in [0, 0.1) is 0 Å². The van der Waals surface area contributed by atoms with Gasteiger partial charge in [-0.25, -0.2) is 4.98 Å². The van der Waals surface area contributed by atoms with Crippen LogP contribution < -0.4 is 15.0 Å². The Labute approximate surface area is 122 Å². The molecule has 0 spiro atoms. The van der Waals surface area contributed by atoms with Gasteiger partial charge in [0.05, 0.1) is 18.6 Å². The minimum Gasteiger partial charge on any atom is -0.495 e. The van der Waals surface area contributed by atoms with Gasteiger partial charge in [-0.3, -0.25) is 9.78 Å². The lowest BCUT2D eigenvalue weighted by Crippen LogP contribution is -2.10. The van der Waals surface area contributed by atoms with Crippen molar-refractivity contribution in [3.8, 4) is 11.5 Å². The molecule has 1 aliphatic carbocycles. The lowest BCUT2D eigenvalue weighted by Gasteiger charge is -2.13. The van der Waals surface area contributed by atoms with Crippen molar-refractivity contribution in [2.45, 2.75) is 18.9 Å². The van der Waals surface area contributed by atoms with Gasteiger partial charge in [-0.1, -0.05) is 0 Å². The van der Waals surface area contributed by atoms with E-state index in [1.54, 1.807) is 6.07 Å². The number of H-pyrrole nitrogens is 1. The van der Waals surface area contributed by atoms with Gasteiger partial charge in [-0.15, -0.1) is 0 Å². The van der Waals surface area contributed by atoms with Crippen LogP contribution in [-0.4, -0.2) is 23.2 Å². The van der Waals surface area contributed by atoms with E-state index >= 15 is 0 Å². The van der Waals surface area contributed by atoms with Gasteiger partial charge in [0.1, 0.15) is 15.7 Å². The largest absolute Gasteiger partial charge is 0.495 e. The number of nitrogens with one attached hydrogen (secondary N) is 1. The summed E-state index contributed by atoms with van der Waals surface area (Å²) >= 11 is 9.23. The Bertz CT molecular complexity index is 712. The lowest BCUT2D eigenvalue weighted by molar-refractivity contribution is 0.301. The van der Waals surface area contributed by atoms with Crippen molar-refractivity contribution < 1.29 is 9.47 Å². The van der Waals surface area contributed by atoms with Crippen molar-refractivity contribution >= 4 is 38.4 Å². The number of methoxy groups -OCH3 is 1. The molecule has 1 fully saturated rings. The summed E-state index contributed by atoms with van der Waals surface area (Å²) in [6.45, 7) is 0. The molecule has 7 heteroatoms. The topological polar surface area (TPSA) is 64.2 Å². The fourth-order valence-electron chi connectivity index (χ4n) is 1.78. The summed E-state index contributed by atoms with van der Waals surface area (Å²) in [5.41, 5.74) is 0.120. The molecule has 0 bridgehead atoms. The zero-order valence-corrected chi connectivity index (χ0v) is 12.3. The van der Waals surface area contributed by atoms with Crippen LogP contribution in [0.2, 0.25) is 5.28 Å². The molecular weight excluding hydrogens is 336 g/mol. The smallest absolute Gasteiger partial charge is 0.259 e. The number of benzene rings is 1. The van der Waals surface area contributed by atoms with E-state index in [9.17, 15) is 4.79 Å².